The summed E-state index contributed by atoms with van der Waals surface area (Å²) in [4.78, 5) is 0. The number of ether oxygens (including phenoxy) is 2. The van der Waals surface area contributed by atoms with Gasteiger partial charge in [0.15, 0.2) is 0 Å². The molecule has 1 atom stereocenters. The first-order valence-electron chi connectivity index (χ1n) is 9.20. The summed E-state index contributed by atoms with van der Waals surface area (Å²) in [5.74, 6) is 2.32. The second-order valence-electron chi connectivity index (χ2n) is 6.68. The molecule has 0 saturated carbocycles. The molecule has 0 amide bonds. The molecule has 4 nitrogen and oxygen atoms in total. The molecule has 4 heteroatoms. The van der Waals surface area contributed by atoms with E-state index >= 15 is 0 Å². The maximum absolute atomic E-state index is 5.97. The van der Waals surface area contributed by atoms with Crippen LogP contribution in [0.2, 0.25) is 0 Å². The maximum atomic E-state index is 5.97. The minimum atomic E-state index is -0.0145. The quantitative estimate of drug-likeness (QED) is 0.600. The van der Waals surface area contributed by atoms with E-state index in [1.54, 1.807) is 6.07 Å². The Morgan fingerprint density at radius 3 is 2.07 bits per heavy atom. The van der Waals surface area contributed by atoms with Crippen molar-refractivity contribution in [3.05, 3.63) is 96.7 Å². The summed E-state index contributed by atoms with van der Waals surface area (Å²) in [6.45, 7) is 0. The number of rotatable bonds is 5. The molecule has 0 saturated heterocycles. The van der Waals surface area contributed by atoms with E-state index in [0.29, 0.717) is 5.69 Å². The molecule has 0 heterocycles. The monoisotopic (exact) mass is 370 g/mol. The zero-order valence-corrected chi connectivity index (χ0v) is 15.4. The zero-order chi connectivity index (χ0) is 19.3. The molecule has 0 aromatic heterocycles. The second-order valence-corrected chi connectivity index (χ2v) is 6.68. The molecule has 1 unspecified atom stereocenters. The molecule has 1 aliphatic rings. The fourth-order valence-electron chi connectivity index (χ4n) is 3.09. The predicted molar refractivity (Wildman–Crippen MR) is 113 cm³/mol. The van der Waals surface area contributed by atoms with E-state index in [1.165, 1.54) is 0 Å². The van der Waals surface area contributed by atoms with Crippen LogP contribution in [0.1, 0.15) is 6.42 Å². The van der Waals surface area contributed by atoms with Gasteiger partial charge in [0.05, 0.1) is 0 Å². The molecule has 28 heavy (non-hydrogen) atoms. The fraction of sp³-hybridized carbons (Fsp3) is 0.0833. The Morgan fingerprint density at radius 2 is 1.43 bits per heavy atom. The largest absolute Gasteiger partial charge is 0.486 e. The van der Waals surface area contributed by atoms with Crippen molar-refractivity contribution in [2.24, 2.45) is 5.73 Å². The van der Waals surface area contributed by atoms with Gasteiger partial charge in [-0.1, -0.05) is 36.4 Å². The van der Waals surface area contributed by atoms with Crippen molar-refractivity contribution in [3.63, 3.8) is 0 Å². The summed E-state index contributed by atoms with van der Waals surface area (Å²) < 4.78 is 11.8. The molecular formula is C24H22N2O2. The van der Waals surface area contributed by atoms with Gasteiger partial charge in [0.25, 0.3) is 0 Å². The first-order valence-corrected chi connectivity index (χ1v) is 9.20. The van der Waals surface area contributed by atoms with E-state index in [9.17, 15) is 0 Å². The molecule has 140 valence electrons. The maximum Gasteiger partial charge on any atom is 0.129 e. The van der Waals surface area contributed by atoms with E-state index in [4.69, 9.17) is 20.9 Å². The first-order chi connectivity index (χ1) is 13.7. The van der Waals surface area contributed by atoms with E-state index in [0.717, 1.165) is 40.5 Å². The van der Waals surface area contributed by atoms with Gasteiger partial charge < -0.3 is 20.9 Å². The Labute approximate surface area is 164 Å². The van der Waals surface area contributed by atoms with Gasteiger partial charge in [-0.3, -0.25) is 0 Å². The highest BCUT2D eigenvalue weighted by molar-refractivity contribution is 5.65. The van der Waals surface area contributed by atoms with Crippen molar-refractivity contribution >= 4 is 5.69 Å². The molecular weight excluding hydrogens is 348 g/mol. The van der Waals surface area contributed by atoms with Crippen molar-refractivity contribution < 1.29 is 9.47 Å². The Kier molecular flexibility index (Phi) is 5.02. The molecule has 0 aliphatic heterocycles. The summed E-state index contributed by atoms with van der Waals surface area (Å²) in [5, 5.41) is 0. The van der Waals surface area contributed by atoms with Gasteiger partial charge in [0.1, 0.15) is 23.4 Å². The fourth-order valence-corrected chi connectivity index (χ4v) is 3.09. The zero-order valence-electron chi connectivity index (χ0n) is 15.4. The van der Waals surface area contributed by atoms with Crippen LogP contribution in [0.4, 0.5) is 5.69 Å². The second kappa shape index (κ2) is 7.92. The van der Waals surface area contributed by atoms with Gasteiger partial charge in [0, 0.05) is 23.9 Å². The summed E-state index contributed by atoms with van der Waals surface area (Å²) >= 11 is 0. The number of hydrogen-bond donors (Lipinski definition) is 2. The van der Waals surface area contributed by atoms with Crippen LogP contribution >= 0.6 is 0 Å². The summed E-state index contributed by atoms with van der Waals surface area (Å²) in [6, 6.07) is 23.4. The average Bonchev–Trinajstić information content (AvgIpc) is 2.69. The van der Waals surface area contributed by atoms with Gasteiger partial charge in [0.2, 0.25) is 0 Å². The predicted octanol–water partition coefficient (Wildman–Crippen LogP) is 5.28. The average molecular weight is 370 g/mol. The number of anilines is 1. The van der Waals surface area contributed by atoms with E-state index in [-0.39, 0.29) is 6.10 Å². The lowest BCUT2D eigenvalue weighted by Crippen LogP contribution is -2.17. The van der Waals surface area contributed by atoms with E-state index < -0.39 is 0 Å². The molecule has 4 rings (SSSR count). The standard InChI is InChI=1S/C24H22N2O2/c25-19-3-1-5-23(15-19)27-21-11-7-17(8-12-21)18-9-13-22(14-10-18)28-24-6-2-4-20(26)16-24/h1-5,7-16,24H,6,25-26H2. The molecule has 0 bridgehead atoms. The third-order valence-electron chi connectivity index (χ3n) is 4.48. The smallest absolute Gasteiger partial charge is 0.129 e. The van der Waals surface area contributed by atoms with Crippen molar-refractivity contribution in [2.75, 3.05) is 5.73 Å². The molecule has 3 aromatic carbocycles. The molecule has 4 N–H and O–H groups in total. The number of allylic oxidation sites excluding steroid dienone is 1. The third kappa shape index (κ3) is 4.35. The first kappa shape index (κ1) is 17.7. The van der Waals surface area contributed by atoms with Crippen molar-refractivity contribution in [3.8, 4) is 28.4 Å². The van der Waals surface area contributed by atoms with Crippen LogP contribution in [-0.4, -0.2) is 6.10 Å². The lowest BCUT2D eigenvalue weighted by molar-refractivity contribution is 0.250. The number of hydrogen-bond acceptors (Lipinski definition) is 4. The Balaban J connectivity index is 1.42. The highest BCUT2D eigenvalue weighted by Crippen LogP contribution is 2.28. The number of nitrogens with two attached hydrogens (primary N) is 2. The van der Waals surface area contributed by atoms with Crippen LogP contribution in [0.15, 0.2) is 96.7 Å². The van der Waals surface area contributed by atoms with Gasteiger partial charge in [-0.15, -0.1) is 0 Å². The van der Waals surface area contributed by atoms with Crippen LogP contribution < -0.4 is 20.9 Å². The van der Waals surface area contributed by atoms with E-state index in [2.05, 4.69) is 12.1 Å². The highest BCUT2D eigenvalue weighted by atomic mass is 16.5. The van der Waals surface area contributed by atoms with Gasteiger partial charge in [-0.05, 0) is 59.7 Å². The summed E-state index contributed by atoms with van der Waals surface area (Å²) in [6.07, 6.45) is 6.69. The van der Waals surface area contributed by atoms with Gasteiger partial charge >= 0.3 is 0 Å². The van der Waals surface area contributed by atoms with Gasteiger partial charge in [-0.2, -0.15) is 0 Å². The lowest BCUT2D eigenvalue weighted by Gasteiger charge is -2.17. The van der Waals surface area contributed by atoms with Crippen LogP contribution in [0.25, 0.3) is 11.1 Å². The van der Waals surface area contributed by atoms with Crippen LogP contribution in [0, 0.1) is 0 Å². The lowest BCUT2D eigenvalue weighted by atomic mass is 10.1. The van der Waals surface area contributed by atoms with Crippen molar-refractivity contribution in [1.82, 2.24) is 0 Å². The minimum absolute atomic E-state index is 0.0145. The Hall–Kier alpha value is -3.66. The number of benzene rings is 3. The molecule has 0 fully saturated rings. The normalized spacial score (nSPS) is 15.7. The highest BCUT2D eigenvalue weighted by Gasteiger charge is 2.10. The minimum Gasteiger partial charge on any atom is -0.486 e. The van der Waals surface area contributed by atoms with Crippen LogP contribution in [-0.2, 0) is 0 Å². The Bertz CT molecular complexity index is 1010. The third-order valence-corrected chi connectivity index (χ3v) is 4.48. The van der Waals surface area contributed by atoms with Crippen LogP contribution in [0.5, 0.6) is 17.2 Å². The topological polar surface area (TPSA) is 70.5 Å². The molecule has 3 aromatic rings. The van der Waals surface area contributed by atoms with Gasteiger partial charge in [-0.25, -0.2) is 0 Å². The van der Waals surface area contributed by atoms with E-state index in [1.807, 2.05) is 72.8 Å². The Morgan fingerprint density at radius 1 is 0.750 bits per heavy atom. The SMILES string of the molecule is NC1=CC(Oc2ccc(-c3ccc(Oc4cccc(N)c4)cc3)cc2)CC=C1. The summed E-state index contributed by atoms with van der Waals surface area (Å²) in [5.41, 5.74) is 15.3. The van der Waals surface area contributed by atoms with Crippen molar-refractivity contribution in [1.29, 1.82) is 0 Å². The molecule has 0 radical (unpaired) electrons. The molecule has 1 aliphatic carbocycles. The van der Waals surface area contributed by atoms with Crippen molar-refractivity contribution in [2.45, 2.75) is 12.5 Å². The number of nitrogen functional groups attached to an aromatic ring is 1. The van der Waals surface area contributed by atoms with Crippen LogP contribution in [0.3, 0.4) is 0 Å². The summed E-state index contributed by atoms with van der Waals surface area (Å²) in [7, 11) is 0. The molecule has 0 spiro atoms.